The first-order valence-electron chi connectivity index (χ1n) is 7.88. The molecule has 1 aromatic carbocycles. The predicted octanol–water partition coefficient (Wildman–Crippen LogP) is 2.69. The maximum absolute atomic E-state index is 12.9. The molecule has 1 atom stereocenters. The maximum atomic E-state index is 12.9. The predicted molar refractivity (Wildman–Crippen MR) is 86.9 cm³/mol. The van der Waals surface area contributed by atoms with E-state index >= 15 is 0 Å². The normalized spacial score (nSPS) is 15.2. The van der Waals surface area contributed by atoms with Gasteiger partial charge in [-0.15, -0.1) is 0 Å². The van der Waals surface area contributed by atoms with Crippen molar-refractivity contribution in [2.24, 2.45) is 0 Å². The van der Waals surface area contributed by atoms with Crippen molar-refractivity contribution in [2.45, 2.75) is 32.5 Å². The zero-order chi connectivity index (χ0) is 17.3. The highest BCUT2D eigenvalue weighted by Gasteiger charge is 2.30. The Balaban J connectivity index is 1.71. The van der Waals surface area contributed by atoms with E-state index in [0.29, 0.717) is 6.54 Å². The van der Waals surface area contributed by atoms with Crippen molar-refractivity contribution in [3.8, 4) is 0 Å². The number of carbonyl (C=O) groups is 1. The Labute approximate surface area is 139 Å². The molecular weight excluding hydrogens is 314 g/mol. The minimum atomic E-state index is -2.63. The molecule has 0 radical (unpaired) electrons. The summed E-state index contributed by atoms with van der Waals surface area (Å²) in [7, 11) is 1.75. The molecule has 1 amide bonds. The van der Waals surface area contributed by atoms with Gasteiger partial charge in [0.05, 0.1) is 12.6 Å². The lowest BCUT2D eigenvalue weighted by molar-refractivity contribution is -0.122. The fourth-order valence-corrected chi connectivity index (χ4v) is 2.99. The van der Waals surface area contributed by atoms with Crippen LogP contribution in [0.15, 0.2) is 36.7 Å². The summed E-state index contributed by atoms with van der Waals surface area (Å²) in [4.78, 5) is 20.3. The van der Waals surface area contributed by atoms with Gasteiger partial charge >= 0.3 is 6.55 Å². The van der Waals surface area contributed by atoms with Crippen LogP contribution in [0.25, 0.3) is 0 Å². The molecule has 0 bridgehead atoms. The first-order valence-corrected chi connectivity index (χ1v) is 7.88. The maximum Gasteiger partial charge on any atom is 0.319 e. The van der Waals surface area contributed by atoms with Gasteiger partial charge in [-0.1, -0.05) is 18.2 Å². The quantitative estimate of drug-likeness (QED) is 0.844. The van der Waals surface area contributed by atoms with Gasteiger partial charge in [-0.2, -0.15) is 8.78 Å². The second kappa shape index (κ2) is 6.68. The number of nitrogens with zero attached hydrogens (tertiary/aromatic N) is 4. The van der Waals surface area contributed by atoms with Crippen LogP contribution in [0.4, 0.5) is 14.5 Å². The van der Waals surface area contributed by atoms with E-state index in [2.05, 4.69) is 4.98 Å². The number of imidazole rings is 1. The topological polar surface area (TPSA) is 41.4 Å². The molecular formula is C17H20F2N4O. The van der Waals surface area contributed by atoms with Crippen LogP contribution in [0.1, 0.15) is 24.9 Å². The Morgan fingerprint density at radius 3 is 2.88 bits per heavy atom. The lowest BCUT2D eigenvalue weighted by Gasteiger charge is -2.28. The molecule has 0 aliphatic carbocycles. The number of anilines is 1. The van der Waals surface area contributed by atoms with Crippen LogP contribution in [0.2, 0.25) is 0 Å². The molecule has 1 aliphatic rings. The summed E-state index contributed by atoms with van der Waals surface area (Å²) in [5.41, 5.74) is 2.10. The molecule has 7 heteroatoms. The lowest BCUT2D eigenvalue weighted by atomic mass is 10.2. The van der Waals surface area contributed by atoms with Crippen LogP contribution < -0.4 is 4.90 Å². The average molecular weight is 334 g/mol. The summed E-state index contributed by atoms with van der Waals surface area (Å²) < 4.78 is 26.6. The summed E-state index contributed by atoms with van der Waals surface area (Å²) in [6.45, 7) is -0.00640. The molecule has 3 rings (SSSR count). The molecule has 1 aromatic heterocycles. The number of amides is 1. The Morgan fingerprint density at radius 2 is 2.12 bits per heavy atom. The molecule has 0 unspecified atom stereocenters. The van der Waals surface area contributed by atoms with Gasteiger partial charge in [0, 0.05) is 24.6 Å². The van der Waals surface area contributed by atoms with Gasteiger partial charge in [-0.3, -0.25) is 14.3 Å². The zero-order valence-corrected chi connectivity index (χ0v) is 13.7. The van der Waals surface area contributed by atoms with Crippen LogP contribution in [0.3, 0.4) is 0 Å². The summed E-state index contributed by atoms with van der Waals surface area (Å²) in [6.07, 6.45) is 3.43. The zero-order valence-electron chi connectivity index (χ0n) is 13.7. The van der Waals surface area contributed by atoms with E-state index in [1.54, 1.807) is 23.8 Å². The van der Waals surface area contributed by atoms with Gasteiger partial charge in [0.2, 0.25) is 5.91 Å². The fraction of sp³-hybridized carbons (Fsp3) is 0.412. The summed E-state index contributed by atoms with van der Waals surface area (Å²) >= 11 is 0. The minimum absolute atomic E-state index is 0.0300. The van der Waals surface area contributed by atoms with Gasteiger partial charge in [-0.25, -0.2) is 4.98 Å². The van der Waals surface area contributed by atoms with E-state index in [0.717, 1.165) is 22.2 Å². The molecule has 5 nitrogen and oxygen atoms in total. The summed E-state index contributed by atoms with van der Waals surface area (Å²) in [6, 6.07) is 7.41. The molecule has 1 aliphatic heterocycles. The number of aromatic nitrogens is 2. The highest BCUT2D eigenvalue weighted by atomic mass is 19.3. The molecule has 2 aromatic rings. The molecule has 128 valence electrons. The van der Waals surface area contributed by atoms with E-state index in [1.807, 2.05) is 24.3 Å². The highest BCUT2D eigenvalue weighted by Crippen LogP contribution is 2.28. The molecule has 0 N–H and O–H groups in total. The third-order valence-corrected chi connectivity index (χ3v) is 4.52. The molecule has 24 heavy (non-hydrogen) atoms. The highest BCUT2D eigenvalue weighted by molar-refractivity contribution is 5.98. The van der Waals surface area contributed by atoms with Gasteiger partial charge in [0.25, 0.3) is 0 Å². The number of benzene rings is 1. The molecule has 0 saturated heterocycles. The third kappa shape index (κ3) is 3.03. The van der Waals surface area contributed by atoms with Gasteiger partial charge in [0.1, 0.15) is 5.82 Å². The van der Waals surface area contributed by atoms with E-state index in [1.165, 1.54) is 12.4 Å². The lowest BCUT2D eigenvalue weighted by Crippen LogP contribution is -2.45. The second-order valence-corrected chi connectivity index (χ2v) is 5.99. The Hall–Kier alpha value is -2.28. The molecule has 0 fully saturated rings. The van der Waals surface area contributed by atoms with Crippen molar-refractivity contribution in [2.75, 3.05) is 18.5 Å². The monoisotopic (exact) mass is 334 g/mol. The number of hydrogen-bond donors (Lipinski definition) is 0. The number of likely N-dealkylation sites (N-methyl/N-ethyl adjacent to an activating group) is 1. The summed E-state index contributed by atoms with van der Waals surface area (Å²) in [5.74, 6) is 0.214. The second-order valence-electron chi connectivity index (χ2n) is 5.99. The van der Waals surface area contributed by atoms with E-state index in [9.17, 15) is 13.6 Å². The minimum Gasteiger partial charge on any atom is -0.310 e. The van der Waals surface area contributed by atoms with Gasteiger partial charge < -0.3 is 4.90 Å². The van der Waals surface area contributed by atoms with Crippen LogP contribution in [-0.4, -0.2) is 40.0 Å². The number of para-hydroxylation sites is 1. The van der Waals surface area contributed by atoms with Crippen molar-refractivity contribution in [3.05, 3.63) is 48.0 Å². The number of alkyl halides is 2. The number of fused-ring (bicyclic) bond motifs is 1. The van der Waals surface area contributed by atoms with Crippen molar-refractivity contribution in [1.29, 1.82) is 0 Å². The van der Waals surface area contributed by atoms with Crippen LogP contribution in [0.5, 0.6) is 0 Å². The Bertz CT molecular complexity index is 731. The largest absolute Gasteiger partial charge is 0.319 e. The van der Waals surface area contributed by atoms with Crippen molar-refractivity contribution < 1.29 is 13.6 Å². The van der Waals surface area contributed by atoms with E-state index in [-0.39, 0.29) is 18.3 Å². The summed E-state index contributed by atoms with van der Waals surface area (Å²) in [5, 5.41) is 0. The van der Waals surface area contributed by atoms with Crippen LogP contribution in [-0.2, 0) is 17.8 Å². The average Bonchev–Trinajstić information content (AvgIpc) is 3.20. The number of carbonyl (C=O) groups excluding carboxylic acids is 1. The van der Waals surface area contributed by atoms with Crippen LogP contribution in [0, 0.1) is 0 Å². The van der Waals surface area contributed by atoms with Crippen molar-refractivity contribution in [1.82, 2.24) is 14.5 Å². The Kier molecular flexibility index (Phi) is 4.62. The van der Waals surface area contributed by atoms with Crippen LogP contribution >= 0.6 is 0 Å². The molecule has 2 heterocycles. The fourth-order valence-electron chi connectivity index (χ4n) is 2.99. The van der Waals surface area contributed by atoms with Gasteiger partial charge in [-0.05, 0) is 32.0 Å². The van der Waals surface area contributed by atoms with E-state index < -0.39 is 12.6 Å². The van der Waals surface area contributed by atoms with E-state index in [4.69, 9.17) is 0 Å². The smallest absolute Gasteiger partial charge is 0.310 e. The van der Waals surface area contributed by atoms with Crippen molar-refractivity contribution in [3.63, 3.8) is 0 Å². The Morgan fingerprint density at radius 1 is 1.38 bits per heavy atom. The van der Waals surface area contributed by atoms with Crippen molar-refractivity contribution >= 4 is 11.6 Å². The third-order valence-electron chi connectivity index (χ3n) is 4.52. The first kappa shape index (κ1) is 16.6. The van der Waals surface area contributed by atoms with Gasteiger partial charge in [0.15, 0.2) is 0 Å². The standard InChI is InChI=1S/C17H20F2N4O/c1-12(21(2)11-15-20-8-10-23(15)17(18)19)16(24)22-9-7-13-5-3-4-6-14(13)22/h3-6,8,10,12,17H,7,9,11H2,1-2H3/t12-/m1/s1. The molecule has 0 spiro atoms. The first-order chi connectivity index (χ1) is 11.5. The number of halogens is 2. The number of rotatable bonds is 5. The number of hydrogen-bond acceptors (Lipinski definition) is 3. The SMILES string of the molecule is C[C@H](C(=O)N1CCc2ccccc21)N(C)Cc1nccn1C(F)F. The molecule has 0 saturated carbocycles.